The lowest BCUT2D eigenvalue weighted by Crippen LogP contribution is -3.12. The van der Waals surface area contributed by atoms with E-state index in [0.29, 0.717) is 12.2 Å². The van der Waals surface area contributed by atoms with Crippen LogP contribution in [-0.2, 0) is 4.79 Å². The van der Waals surface area contributed by atoms with E-state index in [9.17, 15) is 9.59 Å². The van der Waals surface area contributed by atoms with Crippen LogP contribution in [0.5, 0.6) is 0 Å². The number of likely N-dealkylation sites (tertiary alicyclic amines) is 1. The maximum atomic E-state index is 12.6. The minimum Gasteiger partial charge on any atom is -0.309 e. The Morgan fingerprint density at radius 1 is 1.22 bits per heavy atom. The van der Waals surface area contributed by atoms with Crippen LogP contribution in [0, 0.1) is 6.92 Å². The molecule has 136 valence electrons. The van der Waals surface area contributed by atoms with Crippen LogP contribution in [-0.4, -0.2) is 29.9 Å². The highest BCUT2D eigenvalue weighted by Gasteiger charge is 2.41. The molecular formula is C21H20N3O2S+. The maximum Gasteiger partial charge on any atom is 0.303 e. The number of aromatic nitrogens is 1. The van der Waals surface area contributed by atoms with Gasteiger partial charge < -0.3 is 4.90 Å². The molecule has 5 nitrogen and oxygen atoms in total. The van der Waals surface area contributed by atoms with Gasteiger partial charge in [0.1, 0.15) is 6.04 Å². The van der Waals surface area contributed by atoms with Gasteiger partial charge >= 0.3 is 5.91 Å². The summed E-state index contributed by atoms with van der Waals surface area (Å²) in [7, 11) is 0. The minimum atomic E-state index is -0.405. The second-order valence-corrected chi connectivity index (χ2v) is 8.43. The molecule has 1 unspecified atom stereocenters. The zero-order valence-electron chi connectivity index (χ0n) is 15.1. The van der Waals surface area contributed by atoms with Crippen LogP contribution in [0.1, 0.15) is 39.8 Å². The van der Waals surface area contributed by atoms with Gasteiger partial charge in [-0.25, -0.2) is 4.98 Å². The Morgan fingerprint density at radius 2 is 2.07 bits per heavy atom. The predicted molar refractivity (Wildman–Crippen MR) is 105 cm³/mol. The van der Waals surface area contributed by atoms with Crippen LogP contribution >= 0.6 is 11.3 Å². The molecule has 1 fully saturated rings. The van der Waals surface area contributed by atoms with E-state index in [4.69, 9.17) is 4.98 Å². The number of hydrogen-bond acceptors (Lipinski definition) is 4. The number of rotatable bonds is 3. The lowest BCUT2D eigenvalue weighted by atomic mass is 10.1. The van der Waals surface area contributed by atoms with Gasteiger partial charge in [-0.15, -0.1) is 11.3 Å². The number of para-hydroxylation sites is 1. The fraction of sp³-hybridized carbons (Fsp3) is 0.286. The SMILES string of the molecule is Cc1ccc2c(c1)C(=O)C(=O)N2C[NH+]1CCC[C@@H]1c1nc2ccccc2s1. The Kier molecular flexibility index (Phi) is 3.84. The van der Waals surface area contributed by atoms with Crippen LogP contribution in [0.15, 0.2) is 42.5 Å². The number of anilines is 1. The normalized spacial score (nSPS) is 22.0. The van der Waals surface area contributed by atoms with Crippen molar-refractivity contribution in [3.05, 3.63) is 58.6 Å². The van der Waals surface area contributed by atoms with E-state index in [-0.39, 0.29) is 11.8 Å². The number of thiazole rings is 1. The molecule has 0 aliphatic carbocycles. The van der Waals surface area contributed by atoms with E-state index in [1.165, 1.54) is 9.60 Å². The van der Waals surface area contributed by atoms with Crippen molar-refractivity contribution in [2.45, 2.75) is 25.8 Å². The number of benzene rings is 2. The predicted octanol–water partition coefficient (Wildman–Crippen LogP) is 2.51. The molecule has 0 radical (unpaired) electrons. The number of amides is 1. The number of fused-ring (bicyclic) bond motifs is 2. The molecule has 2 aromatic carbocycles. The van der Waals surface area contributed by atoms with E-state index in [1.807, 2.05) is 43.3 Å². The summed E-state index contributed by atoms with van der Waals surface area (Å²) >= 11 is 1.74. The first-order valence-corrected chi connectivity index (χ1v) is 10.1. The Balaban J connectivity index is 1.45. The Morgan fingerprint density at radius 3 is 2.93 bits per heavy atom. The monoisotopic (exact) mass is 378 g/mol. The van der Waals surface area contributed by atoms with Crippen LogP contribution in [0.3, 0.4) is 0 Å². The third kappa shape index (κ3) is 2.67. The van der Waals surface area contributed by atoms with Gasteiger partial charge in [0.2, 0.25) is 0 Å². The van der Waals surface area contributed by atoms with Crippen LogP contribution in [0.4, 0.5) is 5.69 Å². The number of quaternary nitrogens is 1. The molecule has 1 N–H and O–H groups in total. The Hall–Kier alpha value is -2.57. The number of ketones is 1. The summed E-state index contributed by atoms with van der Waals surface area (Å²) < 4.78 is 1.20. The van der Waals surface area contributed by atoms with Gasteiger partial charge in [0, 0.05) is 12.8 Å². The van der Waals surface area contributed by atoms with Gasteiger partial charge in [0.05, 0.1) is 28.0 Å². The summed E-state index contributed by atoms with van der Waals surface area (Å²) in [5.74, 6) is -0.790. The Labute approximate surface area is 161 Å². The average Bonchev–Trinajstić information content (AvgIpc) is 3.35. The molecule has 2 atom stereocenters. The molecule has 0 spiro atoms. The van der Waals surface area contributed by atoms with Gasteiger partial charge in [-0.2, -0.15) is 0 Å². The van der Waals surface area contributed by atoms with Crippen molar-refractivity contribution in [2.24, 2.45) is 0 Å². The van der Waals surface area contributed by atoms with Crippen molar-refractivity contribution < 1.29 is 14.5 Å². The molecule has 0 bridgehead atoms. The number of aryl methyl sites for hydroxylation is 1. The first kappa shape index (κ1) is 16.6. The third-order valence-corrected chi connectivity index (χ3v) is 6.73. The first-order chi connectivity index (χ1) is 13.1. The minimum absolute atomic E-state index is 0.278. The van der Waals surface area contributed by atoms with Crippen molar-refractivity contribution in [3.8, 4) is 0 Å². The summed E-state index contributed by atoms with van der Waals surface area (Å²) in [6.07, 6.45) is 2.17. The average molecular weight is 378 g/mol. The van der Waals surface area contributed by atoms with Crippen molar-refractivity contribution in [2.75, 3.05) is 18.1 Å². The van der Waals surface area contributed by atoms with E-state index < -0.39 is 5.91 Å². The highest BCUT2D eigenvalue weighted by Crippen LogP contribution is 2.31. The third-order valence-electron chi connectivity index (χ3n) is 5.58. The zero-order valence-corrected chi connectivity index (χ0v) is 15.9. The van der Waals surface area contributed by atoms with E-state index in [0.717, 1.165) is 41.2 Å². The van der Waals surface area contributed by atoms with E-state index in [1.54, 1.807) is 16.2 Å². The standard InChI is InChI=1S/C21H19N3O2S/c1-13-8-9-16-14(11-13)19(25)21(26)24(16)12-23-10-4-6-17(23)20-22-15-5-2-3-7-18(15)27-20/h2-3,5,7-9,11,17H,4,6,10,12H2,1H3/p+1/t17-/m1/s1. The molecule has 6 heteroatoms. The van der Waals surface area contributed by atoms with Crippen LogP contribution in [0.2, 0.25) is 0 Å². The molecular weight excluding hydrogens is 358 g/mol. The van der Waals surface area contributed by atoms with Gasteiger partial charge in [-0.3, -0.25) is 14.5 Å². The first-order valence-electron chi connectivity index (χ1n) is 9.29. The van der Waals surface area contributed by atoms with Gasteiger partial charge in [0.15, 0.2) is 11.7 Å². The van der Waals surface area contributed by atoms with Gasteiger partial charge in [-0.05, 0) is 31.2 Å². The van der Waals surface area contributed by atoms with Crippen LogP contribution in [0.25, 0.3) is 10.2 Å². The van der Waals surface area contributed by atoms with Crippen molar-refractivity contribution in [1.82, 2.24) is 4.98 Å². The molecule has 0 saturated carbocycles. The van der Waals surface area contributed by atoms with Crippen molar-refractivity contribution in [1.29, 1.82) is 0 Å². The lowest BCUT2D eigenvalue weighted by molar-refractivity contribution is -0.917. The molecule has 2 aliphatic heterocycles. The molecule has 3 aromatic rings. The second kappa shape index (κ2) is 6.25. The number of carbonyl (C=O) groups is 2. The fourth-order valence-electron chi connectivity index (χ4n) is 4.21. The molecule has 1 amide bonds. The highest BCUT2D eigenvalue weighted by molar-refractivity contribution is 7.18. The summed E-state index contributed by atoms with van der Waals surface area (Å²) in [6.45, 7) is 3.44. The summed E-state index contributed by atoms with van der Waals surface area (Å²) in [6, 6.07) is 14.2. The van der Waals surface area contributed by atoms with Crippen molar-refractivity contribution >= 4 is 38.9 Å². The zero-order chi connectivity index (χ0) is 18.5. The van der Waals surface area contributed by atoms with Crippen LogP contribution < -0.4 is 9.80 Å². The second-order valence-electron chi connectivity index (χ2n) is 7.36. The smallest absolute Gasteiger partial charge is 0.303 e. The molecule has 27 heavy (non-hydrogen) atoms. The lowest BCUT2D eigenvalue weighted by Gasteiger charge is -2.25. The fourth-order valence-corrected chi connectivity index (χ4v) is 5.37. The van der Waals surface area contributed by atoms with Gasteiger partial charge in [-0.1, -0.05) is 23.8 Å². The number of hydrogen-bond donors (Lipinski definition) is 1. The molecule has 3 heterocycles. The van der Waals surface area contributed by atoms with Gasteiger partial charge in [0.25, 0.3) is 5.78 Å². The van der Waals surface area contributed by atoms with Crippen molar-refractivity contribution in [3.63, 3.8) is 0 Å². The number of nitrogens with one attached hydrogen (secondary N) is 1. The summed E-state index contributed by atoms with van der Waals surface area (Å²) in [5, 5.41) is 1.13. The summed E-state index contributed by atoms with van der Waals surface area (Å²) in [5.41, 5.74) is 3.32. The molecule has 2 aliphatic rings. The Bertz CT molecular complexity index is 1040. The highest BCUT2D eigenvalue weighted by atomic mass is 32.1. The molecule has 1 aromatic heterocycles. The summed E-state index contributed by atoms with van der Waals surface area (Å²) in [4.78, 5) is 32.8. The largest absolute Gasteiger partial charge is 0.309 e. The number of carbonyl (C=O) groups excluding carboxylic acids is 2. The van der Waals surface area contributed by atoms with E-state index >= 15 is 0 Å². The number of nitrogens with zero attached hydrogens (tertiary/aromatic N) is 2. The molecule has 1 saturated heterocycles. The quantitative estimate of drug-likeness (QED) is 0.713. The van der Waals surface area contributed by atoms with E-state index in [2.05, 4.69) is 6.07 Å². The molecule has 5 rings (SSSR count). The number of Topliss-reactive ketones (excluding diaryl/α,β-unsaturated/α-hetero) is 1. The topological polar surface area (TPSA) is 54.7 Å². The maximum absolute atomic E-state index is 12.6.